The number of nitrogens with zero attached hydrogens (tertiary/aromatic N) is 5. The van der Waals surface area contributed by atoms with Crippen LogP contribution in [0.25, 0.3) is 5.65 Å². The number of nitrogens with one attached hydrogen (secondary N) is 1. The Morgan fingerprint density at radius 3 is 2.79 bits per heavy atom. The highest BCUT2D eigenvalue weighted by atomic mass is 16.5. The van der Waals surface area contributed by atoms with E-state index in [1.165, 1.54) is 0 Å². The maximum absolute atomic E-state index is 12.4. The normalized spacial score (nSPS) is 15.9. The van der Waals surface area contributed by atoms with Gasteiger partial charge < -0.3 is 19.1 Å². The van der Waals surface area contributed by atoms with Crippen molar-refractivity contribution in [2.75, 3.05) is 32.7 Å². The number of aryl methyl sites for hydroxylation is 1. The van der Waals surface area contributed by atoms with Gasteiger partial charge in [-0.2, -0.15) is 0 Å². The molecule has 8 heteroatoms. The lowest BCUT2D eigenvalue weighted by atomic mass is 10.3. The molecule has 0 bridgehead atoms. The first kappa shape index (κ1) is 18.6. The molecule has 0 aromatic carbocycles. The molecule has 148 valence electrons. The second-order valence-electron chi connectivity index (χ2n) is 7.27. The van der Waals surface area contributed by atoms with Crippen LogP contribution >= 0.6 is 0 Å². The molecule has 1 amide bonds. The number of carbonyl (C=O) groups is 1. The zero-order chi connectivity index (χ0) is 19.5. The molecule has 1 aliphatic heterocycles. The number of piperazine rings is 1. The lowest BCUT2D eigenvalue weighted by Crippen LogP contribution is -2.45. The van der Waals surface area contributed by atoms with Gasteiger partial charge in [-0.15, -0.1) is 0 Å². The summed E-state index contributed by atoms with van der Waals surface area (Å²) in [5.41, 5.74) is 3.13. The van der Waals surface area contributed by atoms with Gasteiger partial charge in [-0.1, -0.05) is 12.1 Å². The third kappa shape index (κ3) is 4.23. The number of carbonyl (C=O) groups excluding carboxylic acids is 1. The van der Waals surface area contributed by atoms with Gasteiger partial charge in [0.2, 0.25) is 0 Å². The van der Waals surface area contributed by atoms with Crippen LogP contribution in [0.4, 0.5) is 0 Å². The summed E-state index contributed by atoms with van der Waals surface area (Å²) in [6, 6.07) is 5.76. The number of amides is 1. The van der Waals surface area contributed by atoms with Crippen LogP contribution in [0.1, 0.15) is 34.4 Å². The van der Waals surface area contributed by atoms with E-state index in [2.05, 4.69) is 32.2 Å². The average molecular weight is 382 g/mol. The Labute approximate surface area is 164 Å². The number of fused-ring (bicyclic) bond motifs is 1. The lowest BCUT2D eigenvalue weighted by Gasteiger charge is -2.33. The van der Waals surface area contributed by atoms with Crippen molar-refractivity contribution in [2.24, 2.45) is 0 Å². The molecule has 0 atom stereocenters. The topological polar surface area (TPSA) is 78.9 Å². The van der Waals surface area contributed by atoms with Crippen molar-refractivity contribution in [1.29, 1.82) is 0 Å². The Balaban J connectivity index is 1.31. The SMILES string of the molecule is CCN1CCN(Cc2cc(C(=O)NCc3cn4ccc(C)cc4n3)no2)CC1. The van der Waals surface area contributed by atoms with Crippen molar-refractivity contribution in [1.82, 2.24) is 29.7 Å². The number of pyridine rings is 1. The maximum atomic E-state index is 12.4. The zero-order valence-corrected chi connectivity index (χ0v) is 16.4. The third-order valence-electron chi connectivity index (χ3n) is 5.18. The lowest BCUT2D eigenvalue weighted by molar-refractivity contribution is 0.0940. The molecule has 3 aromatic heterocycles. The van der Waals surface area contributed by atoms with Gasteiger partial charge in [0.25, 0.3) is 5.91 Å². The third-order valence-corrected chi connectivity index (χ3v) is 5.18. The van der Waals surface area contributed by atoms with E-state index < -0.39 is 0 Å². The zero-order valence-electron chi connectivity index (χ0n) is 16.4. The van der Waals surface area contributed by atoms with E-state index in [-0.39, 0.29) is 5.91 Å². The number of aromatic nitrogens is 3. The van der Waals surface area contributed by atoms with Gasteiger partial charge in [0.1, 0.15) is 5.65 Å². The summed E-state index contributed by atoms with van der Waals surface area (Å²) < 4.78 is 7.31. The molecular formula is C20H26N6O2. The van der Waals surface area contributed by atoms with Crippen molar-refractivity contribution in [2.45, 2.75) is 26.9 Å². The van der Waals surface area contributed by atoms with Crippen LogP contribution in [0.15, 0.2) is 35.1 Å². The molecule has 1 fully saturated rings. The molecule has 1 N–H and O–H groups in total. The van der Waals surface area contributed by atoms with E-state index in [0.29, 0.717) is 18.8 Å². The van der Waals surface area contributed by atoms with Crippen LogP contribution in [0.5, 0.6) is 0 Å². The van der Waals surface area contributed by atoms with Gasteiger partial charge in [0.15, 0.2) is 11.5 Å². The van der Waals surface area contributed by atoms with Crippen molar-refractivity contribution >= 4 is 11.6 Å². The largest absolute Gasteiger partial charge is 0.359 e. The van der Waals surface area contributed by atoms with Gasteiger partial charge >= 0.3 is 0 Å². The van der Waals surface area contributed by atoms with Crippen molar-refractivity contribution < 1.29 is 9.32 Å². The fraction of sp³-hybridized carbons (Fsp3) is 0.450. The first-order valence-corrected chi connectivity index (χ1v) is 9.73. The van der Waals surface area contributed by atoms with Gasteiger partial charge in [0, 0.05) is 44.6 Å². The molecule has 4 heterocycles. The molecule has 1 saturated heterocycles. The van der Waals surface area contributed by atoms with Crippen LogP contribution in [0, 0.1) is 6.92 Å². The van der Waals surface area contributed by atoms with Crippen LogP contribution in [0.2, 0.25) is 0 Å². The first-order chi connectivity index (χ1) is 13.6. The Kier molecular flexibility index (Phi) is 5.40. The number of hydrogen-bond donors (Lipinski definition) is 1. The maximum Gasteiger partial charge on any atom is 0.273 e. The van der Waals surface area contributed by atoms with Gasteiger partial charge in [-0.3, -0.25) is 9.69 Å². The second kappa shape index (κ2) is 8.12. The highest BCUT2D eigenvalue weighted by molar-refractivity contribution is 5.92. The predicted molar refractivity (Wildman–Crippen MR) is 105 cm³/mol. The molecular weight excluding hydrogens is 356 g/mol. The summed E-state index contributed by atoms with van der Waals surface area (Å²) in [5.74, 6) is 0.470. The van der Waals surface area contributed by atoms with E-state index in [1.807, 2.05) is 35.9 Å². The number of likely N-dealkylation sites (N-methyl/N-ethyl adjacent to an activating group) is 1. The smallest absolute Gasteiger partial charge is 0.273 e. The average Bonchev–Trinajstić information content (AvgIpc) is 3.33. The van der Waals surface area contributed by atoms with Crippen molar-refractivity contribution in [3.8, 4) is 0 Å². The standard InChI is InChI=1S/C20H26N6O2/c1-3-24-6-8-25(9-7-24)14-17-11-18(23-28-17)20(27)21-12-16-13-26-5-4-15(2)10-19(26)22-16/h4-5,10-11,13H,3,6-9,12,14H2,1-2H3,(H,21,27). The van der Waals surface area contributed by atoms with Gasteiger partial charge in [-0.05, 0) is 31.2 Å². The van der Waals surface area contributed by atoms with E-state index in [4.69, 9.17) is 4.52 Å². The number of imidazole rings is 1. The summed E-state index contributed by atoms with van der Waals surface area (Å²) in [4.78, 5) is 21.7. The van der Waals surface area contributed by atoms with Gasteiger partial charge in [-0.25, -0.2) is 4.98 Å². The Morgan fingerprint density at radius 1 is 1.21 bits per heavy atom. The molecule has 28 heavy (non-hydrogen) atoms. The van der Waals surface area contributed by atoms with Crippen LogP contribution in [-0.4, -0.2) is 63.0 Å². The molecule has 0 spiro atoms. The number of hydrogen-bond acceptors (Lipinski definition) is 6. The first-order valence-electron chi connectivity index (χ1n) is 9.73. The minimum Gasteiger partial charge on any atom is -0.359 e. The summed E-state index contributed by atoms with van der Waals surface area (Å²) in [6.07, 6.45) is 3.88. The molecule has 4 rings (SSSR count). The molecule has 0 radical (unpaired) electrons. The van der Waals surface area contributed by atoms with Crippen molar-refractivity contribution in [3.05, 3.63) is 53.3 Å². The molecule has 8 nitrogen and oxygen atoms in total. The van der Waals surface area contributed by atoms with E-state index in [1.54, 1.807) is 6.07 Å². The summed E-state index contributed by atoms with van der Waals surface area (Å²) in [7, 11) is 0. The molecule has 1 aliphatic rings. The number of rotatable bonds is 6. The fourth-order valence-electron chi connectivity index (χ4n) is 3.46. The van der Waals surface area contributed by atoms with Crippen LogP contribution < -0.4 is 5.32 Å². The predicted octanol–water partition coefficient (Wildman–Crippen LogP) is 1.70. The Hall–Kier alpha value is -2.71. The minimum absolute atomic E-state index is 0.251. The van der Waals surface area contributed by atoms with E-state index >= 15 is 0 Å². The fourth-order valence-corrected chi connectivity index (χ4v) is 3.46. The Bertz CT molecular complexity index is 955. The summed E-state index contributed by atoms with van der Waals surface area (Å²) >= 11 is 0. The monoisotopic (exact) mass is 382 g/mol. The van der Waals surface area contributed by atoms with E-state index in [9.17, 15) is 4.79 Å². The summed E-state index contributed by atoms with van der Waals surface area (Å²) in [5, 5.41) is 6.79. The van der Waals surface area contributed by atoms with Crippen LogP contribution in [-0.2, 0) is 13.1 Å². The summed E-state index contributed by atoms with van der Waals surface area (Å²) in [6.45, 7) is 10.5. The molecule has 3 aromatic rings. The van der Waals surface area contributed by atoms with Crippen LogP contribution in [0.3, 0.4) is 0 Å². The van der Waals surface area contributed by atoms with Gasteiger partial charge in [0.05, 0.1) is 18.8 Å². The molecule has 0 aliphatic carbocycles. The Morgan fingerprint density at radius 2 is 2.00 bits per heavy atom. The highest BCUT2D eigenvalue weighted by Crippen LogP contribution is 2.11. The van der Waals surface area contributed by atoms with E-state index in [0.717, 1.165) is 55.4 Å². The quantitative estimate of drug-likeness (QED) is 0.699. The van der Waals surface area contributed by atoms with Crippen molar-refractivity contribution in [3.63, 3.8) is 0 Å². The highest BCUT2D eigenvalue weighted by Gasteiger charge is 2.19. The minimum atomic E-state index is -0.251. The second-order valence-corrected chi connectivity index (χ2v) is 7.27. The molecule has 0 unspecified atom stereocenters. The molecule has 0 saturated carbocycles.